The van der Waals surface area contributed by atoms with Crippen LogP contribution in [0.5, 0.6) is 5.75 Å². The van der Waals surface area contributed by atoms with Crippen LogP contribution < -0.4 is 0 Å². The minimum atomic E-state index is 0.113. The third-order valence-corrected chi connectivity index (χ3v) is 5.01. The number of nitrogens with zero attached hydrogens (tertiary/aromatic N) is 3. The maximum absolute atomic E-state index is 10.1. The van der Waals surface area contributed by atoms with Crippen molar-refractivity contribution in [1.29, 1.82) is 0 Å². The fraction of sp³-hybridized carbons (Fsp3) is 0.619. The Morgan fingerprint density at radius 3 is 2.62 bits per heavy atom. The maximum Gasteiger partial charge on any atom is 0.137 e. The van der Waals surface area contributed by atoms with Crippen molar-refractivity contribution in [2.24, 2.45) is 5.92 Å². The number of hydrogen-bond acceptors (Lipinski definition) is 4. The predicted molar refractivity (Wildman–Crippen MR) is 104 cm³/mol. The number of benzene rings is 1. The van der Waals surface area contributed by atoms with Gasteiger partial charge in [-0.15, -0.1) is 0 Å². The molecule has 2 unspecified atom stereocenters. The van der Waals surface area contributed by atoms with Crippen molar-refractivity contribution < 1.29 is 9.84 Å². The van der Waals surface area contributed by atoms with Crippen LogP contribution in [0.3, 0.4) is 0 Å². The largest absolute Gasteiger partial charge is 0.508 e. The smallest absolute Gasteiger partial charge is 0.137 e. The summed E-state index contributed by atoms with van der Waals surface area (Å²) < 4.78 is 8.15. The Bertz CT molecular complexity index is 641. The summed E-state index contributed by atoms with van der Waals surface area (Å²) in [5.41, 5.74) is 2.29. The first-order valence-electron chi connectivity index (χ1n) is 9.86. The van der Waals surface area contributed by atoms with Gasteiger partial charge in [0.2, 0.25) is 0 Å². The zero-order valence-corrected chi connectivity index (χ0v) is 16.6. The van der Waals surface area contributed by atoms with Gasteiger partial charge in [0, 0.05) is 6.42 Å². The van der Waals surface area contributed by atoms with Gasteiger partial charge in [0.15, 0.2) is 0 Å². The molecule has 0 saturated carbocycles. The van der Waals surface area contributed by atoms with Crippen LogP contribution in [0.25, 0.3) is 0 Å². The van der Waals surface area contributed by atoms with Crippen LogP contribution in [0.4, 0.5) is 0 Å². The molecule has 0 fully saturated rings. The number of rotatable bonds is 6. The van der Waals surface area contributed by atoms with Crippen LogP contribution in [0.1, 0.15) is 58.1 Å². The fourth-order valence-corrected chi connectivity index (χ4v) is 3.16. The lowest BCUT2D eigenvalue weighted by Crippen LogP contribution is -2.35. The molecule has 0 radical (unpaired) electrons. The zero-order valence-electron chi connectivity index (χ0n) is 16.6. The SMILES string of the molecule is CCC(Cn1cncn1)O[C@@H]1Cc2c(O)cccc2CC1C.CCCC. The molecule has 1 aromatic carbocycles. The lowest BCUT2D eigenvalue weighted by atomic mass is 9.82. The van der Waals surface area contributed by atoms with E-state index in [2.05, 4.69) is 43.8 Å². The number of hydrogen-bond donors (Lipinski definition) is 1. The molecule has 1 aliphatic rings. The molecule has 26 heavy (non-hydrogen) atoms. The Morgan fingerprint density at radius 2 is 2.00 bits per heavy atom. The van der Waals surface area contributed by atoms with Crippen molar-refractivity contribution in [3.05, 3.63) is 42.0 Å². The number of phenols is 1. The number of aromatic nitrogens is 3. The summed E-state index contributed by atoms with van der Waals surface area (Å²) in [5, 5.41) is 14.2. The Hall–Kier alpha value is -1.88. The van der Waals surface area contributed by atoms with Gasteiger partial charge in [-0.1, -0.05) is 52.7 Å². The van der Waals surface area contributed by atoms with Gasteiger partial charge in [-0.25, -0.2) is 4.98 Å². The molecule has 0 amide bonds. The zero-order chi connectivity index (χ0) is 18.9. The second-order valence-electron chi connectivity index (χ2n) is 7.12. The third-order valence-electron chi connectivity index (χ3n) is 5.01. The summed E-state index contributed by atoms with van der Waals surface area (Å²) in [7, 11) is 0. The molecule has 0 aliphatic heterocycles. The highest BCUT2D eigenvalue weighted by Crippen LogP contribution is 2.33. The maximum atomic E-state index is 10.1. The topological polar surface area (TPSA) is 60.2 Å². The molecule has 1 heterocycles. The summed E-state index contributed by atoms with van der Waals surface area (Å²) in [5.74, 6) is 0.835. The van der Waals surface area contributed by atoms with Crippen molar-refractivity contribution in [2.45, 2.75) is 78.6 Å². The van der Waals surface area contributed by atoms with Gasteiger partial charge < -0.3 is 9.84 Å². The van der Waals surface area contributed by atoms with E-state index in [1.54, 1.807) is 18.7 Å². The minimum Gasteiger partial charge on any atom is -0.508 e. The van der Waals surface area contributed by atoms with Gasteiger partial charge in [0.05, 0.1) is 18.8 Å². The molecule has 2 aromatic rings. The predicted octanol–water partition coefficient (Wildman–Crippen LogP) is 4.39. The van der Waals surface area contributed by atoms with E-state index < -0.39 is 0 Å². The van der Waals surface area contributed by atoms with E-state index in [1.165, 1.54) is 18.4 Å². The summed E-state index contributed by atoms with van der Waals surface area (Å²) in [4.78, 5) is 3.98. The quantitative estimate of drug-likeness (QED) is 0.831. The first-order chi connectivity index (χ1) is 12.6. The van der Waals surface area contributed by atoms with Crippen molar-refractivity contribution in [2.75, 3.05) is 0 Å². The average Bonchev–Trinajstić information content (AvgIpc) is 3.15. The van der Waals surface area contributed by atoms with Crippen LogP contribution in [-0.4, -0.2) is 32.1 Å². The molecule has 1 aliphatic carbocycles. The van der Waals surface area contributed by atoms with Crippen LogP contribution in [-0.2, 0) is 24.1 Å². The van der Waals surface area contributed by atoms with Crippen LogP contribution in [0.2, 0.25) is 0 Å². The second-order valence-corrected chi connectivity index (χ2v) is 7.12. The Labute approximate surface area is 157 Å². The van der Waals surface area contributed by atoms with Gasteiger partial charge in [0.1, 0.15) is 18.4 Å². The standard InChI is InChI=1S/C17H23N3O2.C4H10/c1-3-14(9-20-11-18-10-19-20)22-17-8-15-13(7-12(17)2)5-4-6-16(15)21;1-3-4-2/h4-6,10-12,14,17,21H,3,7-9H2,1-2H3;3-4H2,1-2H3/t12?,14?,17-;/m1./s1. The monoisotopic (exact) mass is 359 g/mol. The molecule has 0 bridgehead atoms. The van der Waals surface area contributed by atoms with Crippen molar-refractivity contribution in [1.82, 2.24) is 14.8 Å². The molecule has 1 N–H and O–H groups in total. The third kappa shape index (κ3) is 5.56. The average molecular weight is 360 g/mol. The highest BCUT2D eigenvalue weighted by molar-refractivity contribution is 5.41. The number of fused-ring (bicyclic) bond motifs is 1. The van der Waals surface area contributed by atoms with E-state index in [1.807, 2.05) is 10.7 Å². The molecule has 144 valence electrons. The molecule has 0 spiro atoms. The van der Waals surface area contributed by atoms with Crippen molar-refractivity contribution in [3.63, 3.8) is 0 Å². The molecular weight excluding hydrogens is 326 g/mol. The van der Waals surface area contributed by atoms with Gasteiger partial charge in [-0.3, -0.25) is 4.68 Å². The van der Waals surface area contributed by atoms with Crippen molar-refractivity contribution >= 4 is 0 Å². The first-order valence-corrected chi connectivity index (χ1v) is 9.86. The van der Waals surface area contributed by atoms with Crippen LogP contribution in [0, 0.1) is 5.92 Å². The minimum absolute atomic E-state index is 0.113. The lowest BCUT2D eigenvalue weighted by Gasteiger charge is -2.33. The van der Waals surface area contributed by atoms with Gasteiger partial charge in [-0.05, 0) is 36.0 Å². The van der Waals surface area contributed by atoms with E-state index in [0.29, 0.717) is 18.2 Å². The van der Waals surface area contributed by atoms with Gasteiger partial charge in [0.25, 0.3) is 0 Å². The Morgan fingerprint density at radius 1 is 1.23 bits per heavy atom. The molecule has 1 aromatic heterocycles. The van der Waals surface area contributed by atoms with Crippen LogP contribution >= 0.6 is 0 Å². The fourth-order valence-electron chi connectivity index (χ4n) is 3.16. The Balaban J connectivity index is 0.000000552. The molecule has 3 atom stereocenters. The Kier molecular flexibility index (Phi) is 8.10. The summed E-state index contributed by atoms with van der Waals surface area (Å²) in [6, 6.07) is 5.79. The summed E-state index contributed by atoms with van der Waals surface area (Å²) in [6.45, 7) is 9.42. The van der Waals surface area contributed by atoms with E-state index >= 15 is 0 Å². The molecular formula is C21H33N3O2. The normalized spacial score (nSPS) is 20.0. The van der Waals surface area contributed by atoms with Crippen LogP contribution in [0.15, 0.2) is 30.9 Å². The van der Waals surface area contributed by atoms with E-state index in [9.17, 15) is 5.11 Å². The number of aromatic hydroxyl groups is 1. The first kappa shape index (κ1) is 20.4. The summed E-state index contributed by atoms with van der Waals surface area (Å²) in [6.07, 6.45) is 8.81. The summed E-state index contributed by atoms with van der Waals surface area (Å²) >= 11 is 0. The number of ether oxygens (including phenoxy) is 1. The number of unbranched alkanes of at least 4 members (excludes halogenated alkanes) is 1. The van der Waals surface area contributed by atoms with E-state index in [4.69, 9.17) is 4.74 Å². The molecule has 3 rings (SSSR count). The van der Waals surface area contributed by atoms with E-state index in [-0.39, 0.29) is 12.2 Å². The van der Waals surface area contributed by atoms with E-state index in [0.717, 1.165) is 24.8 Å². The number of phenolic OH excluding ortho intramolecular Hbond substituents is 1. The lowest BCUT2D eigenvalue weighted by molar-refractivity contribution is -0.0521. The molecule has 0 saturated heterocycles. The van der Waals surface area contributed by atoms with Crippen molar-refractivity contribution in [3.8, 4) is 5.75 Å². The van der Waals surface area contributed by atoms with Gasteiger partial charge in [-0.2, -0.15) is 5.10 Å². The molecule has 5 heteroatoms. The highest BCUT2D eigenvalue weighted by Gasteiger charge is 2.29. The molecule has 5 nitrogen and oxygen atoms in total. The highest BCUT2D eigenvalue weighted by atomic mass is 16.5. The second kappa shape index (κ2) is 10.3. The van der Waals surface area contributed by atoms with Gasteiger partial charge >= 0.3 is 0 Å².